The Morgan fingerprint density at radius 3 is 2.61 bits per heavy atom. The Hall–Kier alpha value is -0.0800. The molecule has 3 atom stereocenters. The SMILES string of the molecule is CNCC1(CN2CCCC(C)C2)CCCC(C)C1. The van der Waals surface area contributed by atoms with Gasteiger partial charge in [-0.3, -0.25) is 0 Å². The average Bonchev–Trinajstić information content (AvgIpc) is 2.28. The molecule has 0 amide bonds. The second-order valence-corrected chi connectivity index (χ2v) is 7.21. The van der Waals surface area contributed by atoms with E-state index in [0.29, 0.717) is 5.41 Å². The molecule has 2 aliphatic rings. The van der Waals surface area contributed by atoms with E-state index in [4.69, 9.17) is 0 Å². The van der Waals surface area contributed by atoms with Gasteiger partial charge in [-0.15, -0.1) is 0 Å². The van der Waals surface area contributed by atoms with Crippen molar-refractivity contribution in [2.75, 3.05) is 33.2 Å². The molecular formula is C16H32N2. The van der Waals surface area contributed by atoms with E-state index in [2.05, 4.69) is 31.1 Å². The molecule has 0 spiro atoms. The normalized spacial score (nSPS) is 38.8. The van der Waals surface area contributed by atoms with Gasteiger partial charge in [0.15, 0.2) is 0 Å². The van der Waals surface area contributed by atoms with Gasteiger partial charge in [-0.05, 0) is 56.5 Å². The summed E-state index contributed by atoms with van der Waals surface area (Å²) < 4.78 is 0. The van der Waals surface area contributed by atoms with Crippen LogP contribution in [0.4, 0.5) is 0 Å². The van der Waals surface area contributed by atoms with Crippen molar-refractivity contribution in [2.45, 2.75) is 52.4 Å². The van der Waals surface area contributed by atoms with Gasteiger partial charge < -0.3 is 10.2 Å². The maximum atomic E-state index is 3.47. The Morgan fingerprint density at radius 2 is 1.94 bits per heavy atom. The molecule has 2 fully saturated rings. The number of likely N-dealkylation sites (tertiary alicyclic amines) is 1. The van der Waals surface area contributed by atoms with E-state index in [-0.39, 0.29) is 0 Å². The van der Waals surface area contributed by atoms with E-state index in [9.17, 15) is 0 Å². The van der Waals surface area contributed by atoms with Crippen LogP contribution < -0.4 is 5.32 Å². The monoisotopic (exact) mass is 252 g/mol. The van der Waals surface area contributed by atoms with Crippen LogP contribution in [0.3, 0.4) is 0 Å². The third-order valence-corrected chi connectivity index (χ3v) is 5.04. The van der Waals surface area contributed by atoms with Gasteiger partial charge in [0.1, 0.15) is 0 Å². The molecule has 106 valence electrons. The summed E-state index contributed by atoms with van der Waals surface area (Å²) in [7, 11) is 2.12. The lowest BCUT2D eigenvalue weighted by Gasteiger charge is -2.45. The van der Waals surface area contributed by atoms with E-state index in [1.807, 2.05) is 0 Å². The molecule has 0 aromatic rings. The fraction of sp³-hybridized carbons (Fsp3) is 1.00. The van der Waals surface area contributed by atoms with Gasteiger partial charge >= 0.3 is 0 Å². The summed E-state index contributed by atoms with van der Waals surface area (Å²) in [6, 6.07) is 0. The molecule has 1 heterocycles. The highest BCUT2D eigenvalue weighted by Gasteiger charge is 2.36. The number of hydrogen-bond donors (Lipinski definition) is 1. The van der Waals surface area contributed by atoms with E-state index >= 15 is 0 Å². The smallest absolute Gasteiger partial charge is 0.00504 e. The summed E-state index contributed by atoms with van der Waals surface area (Å²) in [6.45, 7) is 10.1. The summed E-state index contributed by atoms with van der Waals surface area (Å²) in [5, 5.41) is 3.47. The van der Waals surface area contributed by atoms with Crippen molar-refractivity contribution < 1.29 is 0 Å². The first-order valence-corrected chi connectivity index (χ1v) is 8.00. The Labute approximate surface area is 114 Å². The molecule has 1 saturated heterocycles. The Kier molecular flexibility index (Phi) is 5.08. The van der Waals surface area contributed by atoms with Gasteiger partial charge in [0, 0.05) is 19.6 Å². The maximum Gasteiger partial charge on any atom is 0.00504 e. The van der Waals surface area contributed by atoms with Gasteiger partial charge in [-0.1, -0.05) is 26.7 Å². The van der Waals surface area contributed by atoms with Gasteiger partial charge in [0.05, 0.1) is 0 Å². The zero-order valence-corrected chi connectivity index (χ0v) is 12.7. The predicted octanol–water partition coefficient (Wildman–Crippen LogP) is 3.13. The lowest BCUT2D eigenvalue weighted by molar-refractivity contribution is 0.0608. The molecular weight excluding hydrogens is 220 g/mol. The molecule has 0 radical (unpaired) electrons. The van der Waals surface area contributed by atoms with Gasteiger partial charge in [-0.25, -0.2) is 0 Å². The average molecular weight is 252 g/mol. The number of hydrogen-bond acceptors (Lipinski definition) is 2. The van der Waals surface area contributed by atoms with E-state index < -0.39 is 0 Å². The summed E-state index contributed by atoms with van der Waals surface area (Å²) >= 11 is 0. The largest absolute Gasteiger partial charge is 0.319 e. The molecule has 18 heavy (non-hydrogen) atoms. The zero-order valence-electron chi connectivity index (χ0n) is 12.7. The lowest BCUT2D eigenvalue weighted by atomic mass is 9.69. The molecule has 3 unspecified atom stereocenters. The minimum absolute atomic E-state index is 0.559. The lowest BCUT2D eigenvalue weighted by Crippen LogP contribution is -2.48. The van der Waals surface area contributed by atoms with Crippen LogP contribution in [0.15, 0.2) is 0 Å². The molecule has 1 N–H and O–H groups in total. The van der Waals surface area contributed by atoms with Crippen LogP contribution in [0.25, 0.3) is 0 Å². The maximum absolute atomic E-state index is 3.47. The predicted molar refractivity (Wildman–Crippen MR) is 78.8 cm³/mol. The van der Waals surface area contributed by atoms with E-state index in [1.165, 1.54) is 64.7 Å². The summed E-state index contributed by atoms with van der Waals surface area (Å²) in [5.41, 5.74) is 0.559. The molecule has 2 rings (SSSR count). The standard InChI is InChI=1S/C16H32N2/c1-14-6-4-8-16(10-14,12-17-3)13-18-9-5-7-15(2)11-18/h14-15,17H,4-13H2,1-3H3. The van der Waals surface area contributed by atoms with Crippen LogP contribution in [0.2, 0.25) is 0 Å². The topological polar surface area (TPSA) is 15.3 Å². The first-order valence-electron chi connectivity index (χ1n) is 8.00. The van der Waals surface area contributed by atoms with Crippen LogP contribution in [-0.4, -0.2) is 38.1 Å². The highest BCUT2D eigenvalue weighted by Crippen LogP contribution is 2.40. The summed E-state index contributed by atoms with van der Waals surface area (Å²) in [6.07, 6.45) is 8.59. The summed E-state index contributed by atoms with van der Waals surface area (Å²) in [4.78, 5) is 2.75. The highest BCUT2D eigenvalue weighted by atomic mass is 15.1. The first kappa shape index (κ1) is 14.3. The Bertz CT molecular complexity index is 249. The van der Waals surface area contributed by atoms with Crippen LogP contribution in [0.5, 0.6) is 0 Å². The molecule has 0 aromatic carbocycles. The van der Waals surface area contributed by atoms with E-state index in [0.717, 1.165) is 11.8 Å². The second kappa shape index (κ2) is 6.38. The van der Waals surface area contributed by atoms with Crippen LogP contribution in [-0.2, 0) is 0 Å². The third kappa shape index (κ3) is 3.71. The van der Waals surface area contributed by atoms with Crippen molar-refractivity contribution in [3.05, 3.63) is 0 Å². The minimum Gasteiger partial charge on any atom is -0.319 e. The molecule has 1 aliphatic carbocycles. The molecule has 1 saturated carbocycles. The molecule has 0 aromatic heterocycles. The van der Waals surface area contributed by atoms with E-state index in [1.54, 1.807) is 0 Å². The molecule has 0 bridgehead atoms. The van der Waals surface area contributed by atoms with Crippen molar-refractivity contribution in [2.24, 2.45) is 17.3 Å². The third-order valence-electron chi connectivity index (χ3n) is 5.04. The highest BCUT2D eigenvalue weighted by molar-refractivity contribution is 4.90. The van der Waals surface area contributed by atoms with Crippen LogP contribution >= 0.6 is 0 Å². The van der Waals surface area contributed by atoms with Gasteiger partial charge in [-0.2, -0.15) is 0 Å². The number of piperidine rings is 1. The molecule has 1 aliphatic heterocycles. The van der Waals surface area contributed by atoms with Gasteiger partial charge in [0.25, 0.3) is 0 Å². The van der Waals surface area contributed by atoms with Crippen LogP contribution in [0.1, 0.15) is 52.4 Å². The van der Waals surface area contributed by atoms with Gasteiger partial charge in [0.2, 0.25) is 0 Å². The molecule has 2 nitrogen and oxygen atoms in total. The fourth-order valence-electron chi connectivity index (χ4n) is 4.41. The van der Waals surface area contributed by atoms with Crippen molar-refractivity contribution in [1.82, 2.24) is 10.2 Å². The Morgan fingerprint density at radius 1 is 1.17 bits per heavy atom. The quantitative estimate of drug-likeness (QED) is 0.827. The zero-order chi connectivity index (χ0) is 13.0. The summed E-state index contributed by atoms with van der Waals surface area (Å²) in [5.74, 6) is 1.83. The number of rotatable bonds is 4. The minimum atomic E-state index is 0.559. The fourth-order valence-corrected chi connectivity index (χ4v) is 4.41. The van der Waals surface area contributed by atoms with Crippen molar-refractivity contribution >= 4 is 0 Å². The first-order chi connectivity index (χ1) is 8.63. The number of nitrogens with zero attached hydrogens (tertiary/aromatic N) is 1. The second-order valence-electron chi connectivity index (χ2n) is 7.21. The van der Waals surface area contributed by atoms with Crippen LogP contribution in [0, 0.1) is 17.3 Å². The van der Waals surface area contributed by atoms with Crippen molar-refractivity contribution in [3.8, 4) is 0 Å². The van der Waals surface area contributed by atoms with Crippen molar-refractivity contribution in [1.29, 1.82) is 0 Å². The number of nitrogens with one attached hydrogen (secondary N) is 1. The Balaban J connectivity index is 1.96. The molecule has 2 heteroatoms. The van der Waals surface area contributed by atoms with Crippen molar-refractivity contribution in [3.63, 3.8) is 0 Å².